The number of unbranched alkanes of at least 4 members (excludes halogenated alkanes) is 2. The second kappa shape index (κ2) is 32.5. The fraction of sp³-hybridized carbons (Fsp3) is 0.651. The van der Waals surface area contributed by atoms with Crippen LogP contribution in [-0.4, -0.2) is 229 Å². The van der Waals surface area contributed by atoms with Gasteiger partial charge in [0.15, 0.2) is 6.35 Å². The summed E-state index contributed by atoms with van der Waals surface area (Å²) in [6.07, 6.45) is -1.36. The molecule has 11 N–H and O–H groups in total. The SMILES string of the molecule is O=C(O)CC[C@H](NC(O)N[C@@H](CCCCN(Cc1ccc(Br)cc1)C(=O)CCCCNC(=O)CCC(C(=O)O)N1CCN(CC(=O)O)CCN(CC(=O)O)CCN(CC(=O)O)CC1)C(=O)O)C(=O)O. The Bertz CT molecular complexity index is 1810. The van der Waals surface area contributed by atoms with Crippen molar-refractivity contribution >= 4 is 69.5 Å². The molecule has 0 saturated carbocycles. The highest BCUT2D eigenvalue weighted by atomic mass is 79.9. The van der Waals surface area contributed by atoms with E-state index >= 15 is 0 Å². The number of amides is 2. The highest BCUT2D eigenvalue weighted by Crippen LogP contribution is 2.16. The van der Waals surface area contributed by atoms with Gasteiger partial charge in [-0.1, -0.05) is 28.1 Å². The fourth-order valence-electron chi connectivity index (χ4n) is 7.52. The Labute approximate surface area is 407 Å². The Hall–Kier alpha value is -5.35. The van der Waals surface area contributed by atoms with Crippen molar-refractivity contribution in [2.75, 3.05) is 85.1 Å². The van der Waals surface area contributed by atoms with Crippen LogP contribution in [0.5, 0.6) is 0 Å². The molecule has 25 nitrogen and oxygen atoms in total. The van der Waals surface area contributed by atoms with Crippen LogP contribution in [0.4, 0.5) is 0 Å². The molecule has 0 bridgehead atoms. The molecule has 1 aliphatic rings. The number of carbonyl (C=O) groups excluding carboxylic acids is 2. The molecular formula is C43H67BrN8O17. The van der Waals surface area contributed by atoms with Crippen LogP contribution in [0.25, 0.3) is 0 Å². The Morgan fingerprint density at radius 2 is 1.06 bits per heavy atom. The van der Waals surface area contributed by atoms with Crippen LogP contribution in [0.1, 0.15) is 69.8 Å². The molecule has 1 aromatic rings. The summed E-state index contributed by atoms with van der Waals surface area (Å²) in [4.78, 5) is 116. The maximum Gasteiger partial charge on any atom is 0.320 e. The number of aliphatic hydroxyl groups excluding tert-OH is 1. The van der Waals surface area contributed by atoms with E-state index in [0.29, 0.717) is 19.3 Å². The lowest BCUT2D eigenvalue weighted by Gasteiger charge is -2.35. The smallest absolute Gasteiger partial charge is 0.320 e. The lowest BCUT2D eigenvalue weighted by atomic mass is 10.1. The van der Waals surface area contributed by atoms with Crippen LogP contribution < -0.4 is 16.0 Å². The first-order valence-electron chi connectivity index (χ1n) is 22.6. The third kappa shape index (κ3) is 26.3. The zero-order valence-electron chi connectivity index (χ0n) is 38.5. The molecule has 1 heterocycles. The molecule has 388 valence electrons. The third-order valence-corrected chi connectivity index (χ3v) is 11.8. The highest BCUT2D eigenvalue weighted by molar-refractivity contribution is 9.10. The van der Waals surface area contributed by atoms with Gasteiger partial charge in [-0.3, -0.25) is 73.4 Å². The Balaban J connectivity index is 1.98. The van der Waals surface area contributed by atoms with E-state index in [2.05, 4.69) is 31.9 Å². The van der Waals surface area contributed by atoms with Gasteiger partial charge in [0.1, 0.15) is 18.1 Å². The minimum absolute atomic E-state index is 0.000472. The van der Waals surface area contributed by atoms with Gasteiger partial charge in [0, 0.05) is 95.7 Å². The molecule has 1 fully saturated rings. The van der Waals surface area contributed by atoms with Crippen LogP contribution in [0.2, 0.25) is 0 Å². The summed E-state index contributed by atoms with van der Waals surface area (Å²) in [6, 6.07) is 3.39. The molecule has 69 heavy (non-hydrogen) atoms. The average molecular weight is 1050 g/mol. The lowest BCUT2D eigenvalue weighted by molar-refractivity contribution is -0.145. The number of aliphatic hydroxyl groups is 1. The van der Waals surface area contributed by atoms with Gasteiger partial charge in [0.05, 0.1) is 19.6 Å². The van der Waals surface area contributed by atoms with Gasteiger partial charge in [0.2, 0.25) is 11.8 Å². The number of halogens is 1. The lowest BCUT2D eigenvalue weighted by Crippen LogP contribution is -2.55. The molecule has 0 radical (unpaired) electrons. The predicted molar refractivity (Wildman–Crippen MR) is 247 cm³/mol. The molecule has 0 aromatic heterocycles. The van der Waals surface area contributed by atoms with Crippen molar-refractivity contribution in [3.05, 3.63) is 34.3 Å². The monoisotopic (exact) mass is 1050 g/mol. The Morgan fingerprint density at radius 1 is 0.565 bits per heavy atom. The molecule has 2 rings (SSSR count). The highest BCUT2D eigenvalue weighted by Gasteiger charge is 2.29. The molecule has 1 aliphatic heterocycles. The van der Waals surface area contributed by atoms with E-state index in [1.54, 1.807) is 24.5 Å². The van der Waals surface area contributed by atoms with Gasteiger partial charge in [-0.15, -0.1) is 0 Å². The van der Waals surface area contributed by atoms with E-state index in [1.807, 2.05) is 24.3 Å². The van der Waals surface area contributed by atoms with E-state index in [4.69, 9.17) is 5.11 Å². The number of nitrogens with one attached hydrogen (secondary N) is 3. The van der Waals surface area contributed by atoms with Crippen LogP contribution in [-0.2, 0) is 49.7 Å². The van der Waals surface area contributed by atoms with Crippen LogP contribution in [0.15, 0.2) is 28.7 Å². The van der Waals surface area contributed by atoms with Crippen molar-refractivity contribution in [3.8, 4) is 0 Å². The van der Waals surface area contributed by atoms with Crippen molar-refractivity contribution in [2.45, 2.75) is 95.2 Å². The van der Waals surface area contributed by atoms with Gasteiger partial charge < -0.3 is 51.1 Å². The number of benzene rings is 1. The summed E-state index contributed by atoms with van der Waals surface area (Å²) in [5.41, 5.74) is 0.834. The first-order valence-corrected chi connectivity index (χ1v) is 23.4. The topological polar surface area (TPSA) is 368 Å². The zero-order valence-corrected chi connectivity index (χ0v) is 40.0. The molecule has 1 aromatic carbocycles. The number of hydrogen-bond donors (Lipinski definition) is 11. The van der Waals surface area contributed by atoms with Gasteiger partial charge in [0.25, 0.3) is 0 Å². The summed E-state index contributed by atoms with van der Waals surface area (Å²) in [7, 11) is 0. The molecule has 2 unspecified atom stereocenters. The minimum Gasteiger partial charge on any atom is -0.481 e. The van der Waals surface area contributed by atoms with E-state index in [0.717, 1.165) is 10.0 Å². The van der Waals surface area contributed by atoms with Crippen molar-refractivity contribution < 1.29 is 84.0 Å². The van der Waals surface area contributed by atoms with Gasteiger partial charge >= 0.3 is 41.8 Å². The first-order chi connectivity index (χ1) is 32.6. The predicted octanol–water partition coefficient (Wildman–Crippen LogP) is -0.830. The second-order valence-corrected chi connectivity index (χ2v) is 17.5. The zero-order chi connectivity index (χ0) is 51.5. The first kappa shape index (κ1) is 59.8. The van der Waals surface area contributed by atoms with Gasteiger partial charge in [-0.2, -0.15) is 0 Å². The van der Waals surface area contributed by atoms with Crippen molar-refractivity contribution in [2.24, 2.45) is 0 Å². The molecule has 2 amide bonds. The van der Waals surface area contributed by atoms with Crippen molar-refractivity contribution in [1.29, 1.82) is 0 Å². The number of aliphatic carboxylic acids is 7. The summed E-state index contributed by atoms with van der Waals surface area (Å²) in [5, 5.41) is 84.4. The average Bonchev–Trinajstić information content (AvgIpc) is 3.25. The van der Waals surface area contributed by atoms with Crippen molar-refractivity contribution in [3.63, 3.8) is 0 Å². The van der Waals surface area contributed by atoms with E-state index < -0.39 is 78.6 Å². The molecule has 1 saturated heterocycles. The number of rotatable bonds is 32. The maximum atomic E-state index is 13.5. The Kier molecular flexibility index (Phi) is 28.1. The molecular weight excluding hydrogens is 980 g/mol. The number of carboxylic acids is 7. The number of carbonyl (C=O) groups is 9. The molecule has 26 heteroatoms. The van der Waals surface area contributed by atoms with Crippen LogP contribution >= 0.6 is 15.9 Å². The quantitative estimate of drug-likeness (QED) is 0.0310. The summed E-state index contributed by atoms with van der Waals surface area (Å²) in [6.45, 7) is 0.573. The Morgan fingerprint density at radius 3 is 1.52 bits per heavy atom. The van der Waals surface area contributed by atoms with Gasteiger partial charge in [-0.05, 0) is 62.6 Å². The summed E-state index contributed by atoms with van der Waals surface area (Å²) in [5.74, 6) is -9.20. The van der Waals surface area contributed by atoms with E-state index in [1.165, 1.54) is 0 Å². The number of nitrogens with zero attached hydrogens (tertiary/aromatic N) is 5. The third-order valence-electron chi connectivity index (χ3n) is 11.2. The second-order valence-electron chi connectivity index (χ2n) is 16.6. The number of carboxylic acid groups (broad SMARTS) is 7. The van der Waals surface area contributed by atoms with E-state index in [-0.39, 0.29) is 136 Å². The molecule has 0 aliphatic carbocycles. The maximum absolute atomic E-state index is 13.5. The fourth-order valence-corrected chi connectivity index (χ4v) is 7.79. The minimum atomic E-state index is -1.77. The van der Waals surface area contributed by atoms with Crippen LogP contribution in [0, 0.1) is 0 Å². The van der Waals surface area contributed by atoms with E-state index in [9.17, 15) is 78.9 Å². The van der Waals surface area contributed by atoms with Crippen LogP contribution in [0.3, 0.4) is 0 Å². The normalized spacial score (nSPS) is 16.4. The largest absolute Gasteiger partial charge is 0.481 e. The molecule has 0 spiro atoms. The van der Waals surface area contributed by atoms with Gasteiger partial charge in [-0.25, -0.2) is 0 Å². The summed E-state index contributed by atoms with van der Waals surface area (Å²) < 4.78 is 0.835. The number of hydrogen-bond acceptors (Lipinski definition) is 16. The summed E-state index contributed by atoms with van der Waals surface area (Å²) >= 11 is 3.39. The molecule has 4 atom stereocenters. The van der Waals surface area contributed by atoms with Crippen molar-refractivity contribution in [1.82, 2.24) is 40.4 Å². The standard InChI is InChI=1S/C43H67BrN8O17/c44-30-9-7-29(8-10-30)25-52(16-4-2-5-31(40(63)64)46-43(69)47-32(41(65)66)11-14-36(55)56)35(54)6-1-3-15-45-34(53)13-12-33(42(67)68)51-23-21-49(27-38(59)60)19-17-48(26-37(57)58)18-20-50(22-24-51)28-39(61)62/h7-10,31-33,43,46-47,69H,1-6,11-28H2,(H,45,53)(H,55,56)(H,57,58)(H,59,60)(H,61,62)(H,63,64)(H,65,66)(H,67,68)/t31-,32-,33?,43?/m0/s1.